The van der Waals surface area contributed by atoms with Crippen molar-refractivity contribution in [1.29, 1.82) is 0 Å². The van der Waals surface area contributed by atoms with Crippen LogP contribution < -0.4 is 0 Å². The van der Waals surface area contributed by atoms with E-state index in [2.05, 4.69) is 4.99 Å². The number of nitrogens with zero attached hydrogens (tertiary/aromatic N) is 2. The lowest BCUT2D eigenvalue weighted by molar-refractivity contribution is -0.130. The molecule has 19 heavy (non-hydrogen) atoms. The molecule has 2 rings (SSSR count). The lowest BCUT2D eigenvalue weighted by Gasteiger charge is -2.35. The van der Waals surface area contributed by atoms with Gasteiger partial charge in [-0.3, -0.25) is 14.7 Å². The highest BCUT2D eigenvalue weighted by Gasteiger charge is 2.38. The molecule has 2 atom stereocenters. The van der Waals surface area contributed by atoms with E-state index in [9.17, 15) is 4.79 Å². The SMILES string of the molecule is CCC1C(=O)N(C)C(=NC)SC1c1ccc(Cl)cc1. The van der Waals surface area contributed by atoms with Crippen LogP contribution in [0.4, 0.5) is 0 Å². The fraction of sp³-hybridized carbons (Fsp3) is 0.429. The number of benzene rings is 1. The lowest BCUT2D eigenvalue weighted by atomic mass is 9.94. The second-order valence-corrected chi connectivity index (χ2v) is 6.05. The molecular formula is C14H17ClN2OS. The Hall–Kier alpha value is -1.00. The van der Waals surface area contributed by atoms with E-state index < -0.39 is 0 Å². The average molecular weight is 297 g/mol. The van der Waals surface area contributed by atoms with Crippen LogP contribution in [0.25, 0.3) is 0 Å². The van der Waals surface area contributed by atoms with E-state index in [1.54, 1.807) is 30.8 Å². The van der Waals surface area contributed by atoms with Gasteiger partial charge in [0.25, 0.3) is 0 Å². The maximum Gasteiger partial charge on any atom is 0.232 e. The van der Waals surface area contributed by atoms with Gasteiger partial charge in [0.1, 0.15) is 0 Å². The number of thioether (sulfide) groups is 1. The van der Waals surface area contributed by atoms with Crippen LogP contribution in [-0.2, 0) is 4.79 Å². The number of carbonyl (C=O) groups excluding carboxylic acids is 1. The summed E-state index contributed by atoms with van der Waals surface area (Å²) in [6.45, 7) is 2.05. The molecule has 0 aliphatic carbocycles. The number of amides is 1. The van der Waals surface area contributed by atoms with Crippen LogP contribution in [0.5, 0.6) is 0 Å². The quantitative estimate of drug-likeness (QED) is 0.835. The number of hydrogen-bond acceptors (Lipinski definition) is 3. The molecule has 2 unspecified atom stereocenters. The van der Waals surface area contributed by atoms with Gasteiger partial charge in [-0.1, -0.05) is 42.4 Å². The minimum absolute atomic E-state index is 0.0123. The Morgan fingerprint density at radius 2 is 2.00 bits per heavy atom. The van der Waals surface area contributed by atoms with Crippen LogP contribution in [0.3, 0.4) is 0 Å². The van der Waals surface area contributed by atoms with Crippen LogP contribution >= 0.6 is 23.4 Å². The first kappa shape index (κ1) is 14.4. The second-order valence-electron chi connectivity index (χ2n) is 4.51. The molecule has 1 aromatic carbocycles. The van der Waals surface area contributed by atoms with Crippen LogP contribution in [0, 0.1) is 5.92 Å². The van der Waals surface area contributed by atoms with Crippen LogP contribution in [-0.4, -0.2) is 30.1 Å². The fourth-order valence-corrected chi connectivity index (χ4v) is 3.76. The molecule has 1 heterocycles. The van der Waals surface area contributed by atoms with Crippen molar-refractivity contribution in [3.63, 3.8) is 0 Å². The van der Waals surface area contributed by atoms with Crippen molar-refractivity contribution >= 4 is 34.4 Å². The fourth-order valence-electron chi connectivity index (χ4n) is 2.29. The molecule has 102 valence electrons. The van der Waals surface area contributed by atoms with Gasteiger partial charge < -0.3 is 0 Å². The zero-order chi connectivity index (χ0) is 14.0. The topological polar surface area (TPSA) is 32.7 Å². The summed E-state index contributed by atoms with van der Waals surface area (Å²) in [7, 11) is 3.51. The van der Waals surface area contributed by atoms with Gasteiger partial charge in [-0.05, 0) is 24.1 Å². The average Bonchev–Trinajstić information content (AvgIpc) is 2.42. The van der Waals surface area contributed by atoms with Crippen molar-refractivity contribution < 1.29 is 4.79 Å². The predicted molar refractivity (Wildman–Crippen MR) is 81.7 cm³/mol. The Labute approximate surface area is 123 Å². The van der Waals surface area contributed by atoms with E-state index in [1.807, 2.05) is 31.2 Å². The first-order valence-electron chi connectivity index (χ1n) is 6.25. The number of carbonyl (C=O) groups is 1. The summed E-state index contributed by atoms with van der Waals surface area (Å²) < 4.78 is 0. The minimum Gasteiger partial charge on any atom is -0.294 e. The number of amidine groups is 1. The zero-order valence-electron chi connectivity index (χ0n) is 11.3. The van der Waals surface area contributed by atoms with Crippen molar-refractivity contribution in [3.05, 3.63) is 34.9 Å². The molecule has 5 heteroatoms. The third-order valence-corrected chi connectivity index (χ3v) is 5.14. The second kappa shape index (κ2) is 5.97. The molecular weight excluding hydrogens is 280 g/mol. The molecule has 0 spiro atoms. The van der Waals surface area contributed by atoms with Gasteiger partial charge in [-0.2, -0.15) is 0 Å². The number of aliphatic imine (C=N–C) groups is 1. The molecule has 0 bridgehead atoms. The van der Waals surface area contributed by atoms with Crippen molar-refractivity contribution in [2.24, 2.45) is 10.9 Å². The van der Waals surface area contributed by atoms with E-state index in [0.717, 1.165) is 17.2 Å². The summed E-state index contributed by atoms with van der Waals surface area (Å²) in [5.74, 6) is 0.128. The van der Waals surface area contributed by atoms with Gasteiger partial charge in [0.05, 0.1) is 5.92 Å². The highest BCUT2D eigenvalue weighted by atomic mass is 35.5. The normalized spacial score (nSPS) is 26.0. The first-order chi connectivity index (χ1) is 9.08. The molecule has 1 amide bonds. The highest BCUT2D eigenvalue weighted by molar-refractivity contribution is 8.14. The lowest BCUT2D eigenvalue weighted by Crippen LogP contribution is -2.43. The van der Waals surface area contributed by atoms with E-state index in [-0.39, 0.29) is 17.1 Å². The molecule has 0 aromatic heterocycles. The Kier molecular flexibility index (Phi) is 4.53. The van der Waals surface area contributed by atoms with Crippen LogP contribution in [0.2, 0.25) is 5.02 Å². The first-order valence-corrected chi connectivity index (χ1v) is 7.50. The van der Waals surface area contributed by atoms with Crippen molar-refractivity contribution in [3.8, 4) is 0 Å². The number of halogens is 1. The number of hydrogen-bond donors (Lipinski definition) is 0. The Bertz CT molecular complexity index is 501. The van der Waals surface area contributed by atoms with Crippen LogP contribution in [0.15, 0.2) is 29.3 Å². The van der Waals surface area contributed by atoms with Gasteiger partial charge in [-0.15, -0.1) is 0 Å². The van der Waals surface area contributed by atoms with Crippen molar-refractivity contribution in [2.45, 2.75) is 18.6 Å². The van der Waals surface area contributed by atoms with Gasteiger partial charge in [0.2, 0.25) is 5.91 Å². The summed E-state index contributed by atoms with van der Waals surface area (Å²) in [4.78, 5) is 18.2. The van der Waals surface area contributed by atoms with E-state index in [1.165, 1.54) is 0 Å². The molecule has 1 aliphatic rings. The van der Waals surface area contributed by atoms with Crippen LogP contribution in [0.1, 0.15) is 24.2 Å². The third-order valence-electron chi connectivity index (χ3n) is 3.36. The third kappa shape index (κ3) is 2.79. The molecule has 1 aliphatic heterocycles. The Morgan fingerprint density at radius 3 is 2.53 bits per heavy atom. The smallest absolute Gasteiger partial charge is 0.232 e. The minimum atomic E-state index is -0.0123. The Morgan fingerprint density at radius 1 is 1.37 bits per heavy atom. The van der Waals surface area contributed by atoms with Crippen molar-refractivity contribution in [2.75, 3.05) is 14.1 Å². The summed E-state index contributed by atoms with van der Waals surface area (Å²) in [5.41, 5.74) is 1.13. The standard InChI is InChI=1S/C14H17ClN2OS/c1-4-11-12(9-5-7-10(15)8-6-9)19-14(16-2)17(3)13(11)18/h5-8,11-12H,4H2,1-3H3. The van der Waals surface area contributed by atoms with E-state index in [0.29, 0.717) is 5.02 Å². The predicted octanol–water partition coefficient (Wildman–Crippen LogP) is 3.60. The van der Waals surface area contributed by atoms with Gasteiger partial charge in [0, 0.05) is 24.4 Å². The molecule has 1 saturated heterocycles. The molecule has 0 saturated carbocycles. The maximum absolute atomic E-state index is 12.4. The van der Waals surface area contributed by atoms with Gasteiger partial charge >= 0.3 is 0 Å². The van der Waals surface area contributed by atoms with E-state index >= 15 is 0 Å². The molecule has 0 N–H and O–H groups in total. The monoisotopic (exact) mass is 296 g/mol. The summed E-state index contributed by atoms with van der Waals surface area (Å²) in [6, 6.07) is 7.73. The molecule has 1 fully saturated rings. The van der Waals surface area contributed by atoms with Gasteiger partial charge in [0.15, 0.2) is 5.17 Å². The van der Waals surface area contributed by atoms with E-state index in [4.69, 9.17) is 11.6 Å². The number of rotatable bonds is 2. The molecule has 0 radical (unpaired) electrons. The molecule has 1 aromatic rings. The Balaban J connectivity index is 2.36. The highest BCUT2D eigenvalue weighted by Crippen LogP contribution is 2.43. The summed E-state index contributed by atoms with van der Waals surface area (Å²) in [5, 5.41) is 1.60. The maximum atomic E-state index is 12.4. The summed E-state index contributed by atoms with van der Waals surface area (Å²) in [6.07, 6.45) is 0.820. The largest absolute Gasteiger partial charge is 0.294 e. The molecule has 3 nitrogen and oxygen atoms in total. The summed E-state index contributed by atoms with van der Waals surface area (Å²) >= 11 is 7.57. The van der Waals surface area contributed by atoms with Gasteiger partial charge in [-0.25, -0.2) is 0 Å². The zero-order valence-corrected chi connectivity index (χ0v) is 12.8. The van der Waals surface area contributed by atoms with Crippen molar-refractivity contribution in [1.82, 2.24) is 4.90 Å².